The van der Waals surface area contributed by atoms with Crippen molar-refractivity contribution in [2.24, 2.45) is 0 Å². The highest BCUT2D eigenvalue weighted by molar-refractivity contribution is 7.99. The van der Waals surface area contributed by atoms with Gasteiger partial charge in [-0.3, -0.25) is 14.2 Å². The molecule has 2 aromatic heterocycles. The van der Waals surface area contributed by atoms with Gasteiger partial charge in [0, 0.05) is 37.8 Å². The summed E-state index contributed by atoms with van der Waals surface area (Å²) in [6, 6.07) is 18.8. The van der Waals surface area contributed by atoms with Crippen molar-refractivity contribution in [2.45, 2.75) is 37.9 Å². The monoisotopic (exact) mass is 563 g/mol. The molecule has 0 saturated carbocycles. The molecule has 3 heterocycles. The summed E-state index contributed by atoms with van der Waals surface area (Å²) >= 11 is 7.80. The number of amides is 2. The zero-order valence-corrected chi connectivity index (χ0v) is 23.5. The Kier molecular flexibility index (Phi) is 8.38. The number of aryl methyl sites for hydroxylation is 1. The summed E-state index contributed by atoms with van der Waals surface area (Å²) in [6.07, 6.45) is 2.76. The summed E-state index contributed by atoms with van der Waals surface area (Å²) < 4.78 is 7.62. The van der Waals surface area contributed by atoms with E-state index in [1.165, 1.54) is 0 Å². The van der Waals surface area contributed by atoms with Crippen LogP contribution in [-0.4, -0.2) is 67.8 Å². The van der Waals surface area contributed by atoms with Crippen LogP contribution < -0.4 is 0 Å². The molecular formula is C29H30ClN5O3S. The second-order valence-corrected chi connectivity index (χ2v) is 11.0. The minimum absolute atomic E-state index is 0.0893. The third-order valence-corrected chi connectivity index (χ3v) is 8.19. The van der Waals surface area contributed by atoms with E-state index in [-0.39, 0.29) is 17.9 Å². The number of nitrogens with zero attached hydrogens (tertiary/aromatic N) is 5. The first kappa shape index (κ1) is 27.0. The molecule has 4 aromatic rings. The molecule has 1 saturated heterocycles. The Labute approximate surface area is 237 Å². The number of hydrogen-bond acceptors (Lipinski definition) is 6. The molecule has 8 nitrogen and oxygen atoms in total. The minimum Gasteiger partial charge on any atom is -0.461 e. The Hall–Kier alpha value is -3.56. The lowest BCUT2D eigenvalue weighted by Gasteiger charge is -2.40. The molecule has 0 aliphatic carbocycles. The highest BCUT2D eigenvalue weighted by Gasteiger charge is 2.30. The Morgan fingerprint density at radius 2 is 1.85 bits per heavy atom. The van der Waals surface area contributed by atoms with E-state index in [9.17, 15) is 9.59 Å². The van der Waals surface area contributed by atoms with Gasteiger partial charge in [0.15, 0.2) is 10.9 Å². The van der Waals surface area contributed by atoms with Crippen LogP contribution in [0.1, 0.15) is 35.7 Å². The van der Waals surface area contributed by atoms with E-state index in [4.69, 9.17) is 16.0 Å². The first-order chi connectivity index (χ1) is 18.9. The van der Waals surface area contributed by atoms with E-state index < -0.39 is 0 Å². The standard InChI is InChI=1S/C29H30ClN5O3S/c1-20-9-3-6-12-24(20)35-27(25-13-7-17-38-25)31-32-29(35)39-18-8-14-26(36)33-15-16-34(21(2)19-33)28(37)22-10-4-5-11-23(22)30/h3-7,9-13,17,21H,8,14-16,18-19H2,1-2H3. The first-order valence-corrected chi connectivity index (χ1v) is 14.3. The fraction of sp³-hybridized carbons (Fsp3) is 0.310. The van der Waals surface area contributed by atoms with E-state index in [0.717, 1.165) is 16.4 Å². The molecule has 1 unspecified atom stereocenters. The van der Waals surface area contributed by atoms with Crippen LogP contribution in [0.15, 0.2) is 76.5 Å². The number of thioether (sulfide) groups is 1. The van der Waals surface area contributed by atoms with Gasteiger partial charge in [0.05, 0.1) is 22.5 Å². The van der Waals surface area contributed by atoms with Crippen molar-refractivity contribution >= 4 is 35.2 Å². The maximum Gasteiger partial charge on any atom is 0.255 e. The first-order valence-electron chi connectivity index (χ1n) is 13.0. The topological polar surface area (TPSA) is 84.5 Å². The Bertz CT molecular complexity index is 1450. The number of furan rings is 1. The molecular weight excluding hydrogens is 534 g/mol. The van der Waals surface area contributed by atoms with Crippen molar-refractivity contribution in [2.75, 3.05) is 25.4 Å². The normalized spacial score (nSPS) is 15.5. The van der Waals surface area contributed by atoms with Gasteiger partial charge < -0.3 is 14.2 Å². The van der Waals surface area contributed by atoms with Crippen LogP contribution in [0.5, 0.6) is 0 Å². The predicted molar refractivity (Wildman–Crippen MR) is 152 cm³/mol. The van der Waals surface area contributed by atoms with Gasteiger partial charge in [-0.2, -0.15) is 0 Å². The Morgan fingerprint density at radius 3 is 2.59 bits per heavy atom. The molecule has 2 amide bonds. The molecule has 0 spiro atoms. The van der Waals surface area contributed by atoms with Gasteiger partial charge >= 0.3 is 0 Å². The van der Waals surface area contributed by atoms with Gasteiger partial charge in [0.2, 0.25) is 11.7 Å². The van der Waals surface area contributed by atoms with Crippen molar-refractivity contribution < 1.29 is 14.0 Å². The molecule has 5 rings (SSSR count). The summed E-state index contributed by atoms with van der Waals surface area (Å²) in [5, 5.41) is 10.0. The second kappa shape index (κ2) is 12.1. The van der Waals surface area contributed by atoms with Crippen LogP contribution in [0.2, 0.25) is 5.02 Å². The van der Waals surface area contributed by atoms with Gasteiger partial charge in [-0.05, 0) is 56.2 Å². The largest absolute Gasteiger partial charge is 0.461 e. The highest BCUT2D eigenvalue weighted by Crippen LogP contribution is 2.30. The van der Waals surface area contributed by atoms with E-state index in [2.05, 4.69) is 23.2 Å². The molecule has 1 atom stereocenters. The lowest BCUT2D eigenvalue weighted by Crippen LogP contribution is -2.55. The number of carbonyl (C=O) groups excluding carboxylic acids is 2. The van der Waals surface area contributed by atoms with Crippen LogP contribution in [0.3, 0.4) is 0 Å². The van der Waals surface area contributed by atoms with Crippen molar-refractivity contribution in [1.82, 2.24) is 24.6 Å². The lowest BCUT2D eigenvalue weighted by molar-refractivity contribution is -0.133. The van der Waals surface area contributed by atoms with Crippen LogP contribution in [0.4, 0.5) is 0 Å². The molecule has 0 radical (unpaired) electrons. The number of piperazine rings is 1. The molecule has 1 aliphatic heterocycles. The Morgan fingerprint density at radius 1 is 1.05 bits per heavy atom. The van der Waals surface area contributed by atoms with Crippen LogP contribution in [0.25, 0.3) is 17.3 Å². The average Bonchev–Trinajstić information content (AvgIpc) is 3.61. The molecule has 1 aliphatic rings. The number of hydrogen-bond donors (Lipinski definition) is 0. The quantitative estimate of drug-likeness (QED) is 0.201. The highest BCUT2D eigenvalue weighted by atomic mass is 35.5. The summed E-state index contributed by atoms with van der Waals surface area (Å²) in [4.78, 5) is 29.7. The van der Waals surface area contributed by atoms with E-state index in [1.807, 2.05) is 58.9 Å². The van der Waals surface area contributed by atoms with Gasteiger partial charge in [-0.25, -0.2) is 0 Å². The Balaban J connectivity index is 1.17. The zero-order valence-electron chi connectivity index (χ0n) is 21.9. The van der Waals surface area contributed by atoms with Crippen molar-refractivity contribution in [3.63, 3.8) is 0 Å². The second-order valence-electron chi connectivity index (χ2n) is 9.52. The molecule has 10 heteroatoms. The lowest BCUT2D eigenvalue weighted by atomic mass is 10.1. The molecule has 0 N–H and O–H groups in total. The van der Waals surface area contributed by atoms with Crippen LogP contribution in [0, 0.1) is 6.92 Å². The van der Waals surface area contributed by atoms with Gasteiger partial charge in [-0.15, -0.1) is 10.2 Å². The average molecular weight is 564 g/mol. The summed E-state index contributed by atoms with van der Waals surface area (Å²) in [5.41, 5.74) is 2.59. The number of carbonyl (C=O) groups is 2. The molecule has 0 bridgehead atoms. The molecule has 2 aromatic carbocycles. The summed E-state index contributed by atoms with van der Waals surface area (Å²) in [5.74, 6) is 2.02. The predicted octanol–water partition coefficient (Wildman–Crippen LogP) is 5.73. The van der Waals surface area contributed by atoms with Gasteiger partial charge in [0.1, 0.15) is 0 Å². The SMILES string of the molecule is Cc1ccccc1-n1c(SCCCC(=O)N2CCN(C(=O)c3ccccc3Cl)C(C)C2)nnc1-c1ccco1. The maximum absolute atomic E-state index is 13.0. The van der Waals surface area contributed by atoms with Crippen molar-refractivity contribution in [1.29, 1.82) is 0 Å². The fourth-order valence-electron chi connectivity index (χ4n) is 4.78. The maximum atomic E-state index is 13.0. The zero-order chi connectivity index (χ0) is 27.4. The molecule has 1 fully saturated rings. The molecule has 39 heavy (non-hydrogen) atoms. The minimum atomic E-state index is -0.0942. The summed E-state index contributed by atoms with van der Waals surface area (Å²) in [7, 11) is 0. The van der Waals surface area contributed by atoms with Crippen molar-refractivity contribution in [3.05, 3.63) is 83.1 Å². The van der Waals surface area contributed by atoms with E-state index in [0.29, 0.717) is 60.4 Å². The van der Waals surface area contributed by atoms with Crippen LogP contribution in [-0.2, 0) is 4.79 Å². The van der Waals surface area contributed by atoms with E-state index >= 15 is 0 Å². The number of halogens is 1. The number of aromatic nitrogens is 3. The fourth-order valence-corrected chi connectivity index (χ4v) is 5.88. The summed E-state index contributed by atoms with van der Waals surface area (Å²) in [6.45, 7) is 5.54. The van der Waals surface area contributed by atoms with Crippen LogP contribution >= 0.6 is 23.4 Å². The van der Waals surface area contributed by atoms with Gasteiger partial charge in [-0.1, -0.05) is 53.7 Å². The molecule has 202 valence electrons. The van der Waals surface area contributed by atoms with E-state index in [1.54, 1.807) is 35.1 Å². The van der Waals surface area contributed by atoms with Crippen molar-refractivity contribution in [3.8, 4) is 17.3 Å². The number of rotatable bonds is 8. The number of para-hydroxylation sites is 1. The third kappa shape index (κ3) is 5.89. The van der Waals surface area contributed by atoms with Gasteiger partial charge in [0.25, 0.3) is 5.91 Å². The smallest absolute Gasteiger partial charge is 0.255 e. The number of benzene rings is 2. The third-order valence-electron chi connectivity index (χ3n) is 6.84.